The van der Waals surface area contributed by atoms with Crippen LogP contribution in [0.25, 0.3) is 0 Å². The molecular formula is C23H22N2O4. The smallest absolute Gasteiger partial charge is 0.337 e. The summed E-state index contributed by atoms with van der Waals surface area (Å²) in [4.78, 5) is 23.7. The third-order valence-electron chi connectivity index (χ3n) is 4.12. The Morgan fingerprint density at radius 1 is 0.862 bits per heavy atom. The number of carbonyl (C=O) groups is 2. The number of esters is 1. The van der Waals surface area contributed by atoms with E-state index in [1.165, 1.54) is 7.11 Å². The molecule has 6 nitrogen and oxygen atoms in total. The van der Waals surface area contributed by atoms with Crippen LogP contribution in [0.4, 0.5) is 11.4 Å². The number of benzene rings is 3. The van der Waals surface area contributed by atoms with E-state index >= 15 is 0 Å². The standard InChI is InChI=1S/C23H22N2O4/c1-28-23(27)18-8-5-9-20(14-18)25-22(26)15-24-19-10-12-21(13-11-19)29-16-17-6-3-2-4-7-17/h2-14,24H,15-16H2,1H3,(H,25,26). The molecule has 0 aromatic heterocycles. The van der Waals surface area contributed by atoms with Gasteiger partial charge in [-0.1, -0.05) is 36.4 Å². The fraction of sp³-hybridized carbons (Fsp3) is 0.130. The summed E-state index contributed by atoms with van der Waals surface area (Å²) < 4.78 is 10.4. The number of amides is 1. The van der Waals surface area contributed by atoms with Crippen LogP contribution in [-0.2, 0) is 16.1 Å². The number of nitrogens with one attached hydrogen (secondary N) is 2. The Bertz CT molecular complexity index is 956. The van der Waals surface area contributed by atoms with Crippen LogP contribution < -0.4 is 15.4 Å². The van der Waals surface area contributed by atoms with Crippen molar-refractivity contribution in [1.82, 2.24) is 0 Å². The zero-order chi connectivity index (χ0) is 20.5. The molecule has 0 radical (unpaired) electrons. The van der Waals surface area contributed by atoms with E-state index in [1.54, 1.807) is 24.3 Å². The van der Waals surface area contributed by atoms with Crippen molar-refractivity contribution in [2.75, 3.05) is 24.3 Å². The van der Waals surface area contributed by atoms with Gasteiger partial charge in [0.05, 0.1) is 19.2 Å². The maximum Gasteiger partial charge on any atom is 0.337 e. The minimum absolute atomic E-state index is 0.0900. The molecule has 2 N–H and O–H groups in total. The van der Waals surface area contributed by atoms with Crippen LogP contribution >= 0.6 is 0 Å². The summed E-state index contributed by atoms with van der Waals surface area (Å²) in [6.45, 7) is 0.591. The Morgan fingerprint density at radius 2 is 1.62 bits per heavy atom. The van der Waals surface area contributed by atoms with E-state index in [1.807, 2.05) is 54.6 Å². The molecule has 6 heteroatoms. The van der Waals surface area contributed by atoms with E-state index in [-0.39, 0.29) is 12.5 Å². The van der Waals surface area contributed by atoms with Crippen molar-refractivity contribution in [3.05, 3.63) is 90.0 Å². The molecule has 0 heterocycles. The Kier molecular flexibility index (Phi) is 6.84. The quantitative estimate of drug-likeness (QED) is 0.566. The first kappa shape index (κ1) is 19.9. The number of hydrogen-bond donors (Lipinski definition) is 2. The highest BCUT2D eigenvalue weighted by molar-refractivity contribution is 5.96. The minimum Gasteiger partial charge on any atom is -0.489 e. The van der Waals surface area contributed by atoms with Crippen LogP contribution in [0.15, 0.2) is 78.9 Å². The highest BCUT2D eigenvalue weighted by Gasteiger charge is 2.08. The molecule has 3 rings (SSSR count). The average molecular weight is 390 g/mol. The molecule has 0 saturated carbocycles. The molecule has 3 aromatic carbocycles. The molecule has 3 aromatic rings. The van der Waals surface area contributed by atoms with E-state index < -0.39 is 5.97 Å². The second kappa shape index (κ2) is 9.94. The van der Waals surface area contributed by atoms with E-state index in [0.717, 1.165) is 17.0 Å². The van der Waals surface area contributed by atoms with Gasteiger partial charge >= 0.3 is 5.97 Å². The zero-order valence-corrected chi connectivity index (χ0v) is 16.1. The summed E-state index contributed by atoms with van der Waals surface area (Å²) in [6, 6.07) is 23.9. The topological polar surface area (TPSA) is 76.7 Å². The first-order valence-corrected chi connectivity index (χ1v) is 9.13. The highest BCUT2D eigenvalue weighted by Crippen LogP contribution is 2.17. The lowest BCUT2D eigenvalue weighted by molar-refractivity contribution is -0.114. The van der Waals surface area contributed by atoms with Gasteiger partial charge in [0.25, 0.3) is 0 Å². The Labute approximate surface area is 169 Å². The van der Waals surface area contributed by atoms with Crippen LogP contribution in [-0.4, -0.2) is 25.5 Å². The number of ether oxygens (including phenoxy) is 2. The molecule has 0 saturated heterocycles. The lowest BCUT2D eigenvalue weighted by Crippen LogP contribution is -2.21. The molecule has 1 amide bonds. The molecule has 0 aliphatic carbocycles. The molecule has 0 atom stereocenters. The Balaban J connectivity index is 1.47. The summed E-state index contributed by atoms with van der Waals surface area (Å²) in [5.41, 5.74) is 2.81. The van der Waals surface area contributed by atoms with Gasteiger partial charge in [0.2, 0.25) is 5.91 Å². The van der Waals surface area contributed by atoms with Gasteiger partial charge in [0.1, 0.15) is 12.4 Å². The number of carbonyl (C=O) groups excluding carboxylic acids is 2. The van der Waals surface area contributed by atoms with Gasteiger partial charge in [-0.3, -0.25) is 4.79 Å². The average Bonchev–Trinajstić information content (AvgIpc) is 2.77. The Morgan fingerprint density at radius 3 is 2.34 bits per heavy atom. The van der Waals surface area contributed by atoms with Crippen LogP contribution in [0, 0.1) is 0 Å². The maximum absolute atomic E-state index is 12.1. The highest BCUT2D eigenvalue weighted by atomic mass is 16.5. The Hall–Kier alpha value is -3.80. The largest absolute Gasteiger partial charge is 0.489 e. The summed E-state index contributed by atoms with van der Waals surface area (Å²) in [5, 5.41) is 5.80. The second-order valence-corrected chi connectivity index (χ2v) is 6.27. The van der Waals surface area contributed by atoms with Gasteiger partial charge in [0.15, 0.2) is 0 Å². The van der Waals surface area contributed by atoms with E-state index in [2.05, 4.69) is 15.4 Å². The third kappa shape index (κ3) is 6.10. The predicted molar refractivity (Wildman–Crippen MR) is 112 cm³/mol. The van der Waals surface area contributed by atoms with E-state index in [0.29, 0.717) is 17.9 Å². The number of anilines is 2. The zero-order valence-electron chi connectivity index (χ0n) is 16.1. The minimum atomic E-state index is -0.450. The second-order valence-electron chi connectivity index (χ2n) is 6.27. The number of methoxy groups -OCH3 is 1. The van der Waals surface area contributed by atoms with E-state index in [4.69, 9.17) is 4.74 Å². The maximum atomic E-state index is 12.1. The van der Waals surface area contributed by atoms with Gasteiger partial charge in [-0.15, -0.1) is 0 Å². The normalized spacial score (nSPS) is 10.1. The summed E-state index contributed by atoms with van der Waals surface area (Å²) >= 11 is 0. The van der Waals surface area contributed by atoms with Crippen molar-refractivity contribution in [2.24, 2.45) is 0 Å². The van der Waals surface area contributed by atoms with E-state index in [9.17, 15) is 9.59 Å². The van der Waals surface area contributed by atoms with Crippen molar-refractivity contribution < 1.29 is 19.1 Å². The van der Waals surface area contributed by atoms with Crippen LogP contribution in [0.1, 0.15) is 15.9 Å². The van der Waals surface area contributed by atoms with Gasteiger partial charge in [0, 0.05) is 11.4 Å². The first-order valence-electron chi connectivity index (χ1n) is 9.13. The lowest BCUT2D eigenvalue weighted by atomic mass is 10.2. The molecule has 0 bridgehead atoms. The molecule has 0 spiro atoms. The van der Waals surface area contributed by atoms with Crippen molar-refractivity contribution in [2.45, 2.75) is 6.61 Å². The first-order chi connectivity index (χ1) is 14.1. The van der Waals surface area contributed by atoms with Gasteiger partial charge in [-0.25, -0.2) is 4.79 Å². The van der Waals surface area contributed by atoms with Crippen LogP contribution in [0.2, 0.25) is 0 Å². The predicted octanol–water partition coefficient (Wildman–Crippen LogP) is 4.10. The molecule has 29 heavy (non-hydrogen) atoms. The van der Waals surface area contributed by atoms with Gasteiger partial charge in [-0.2, -0.15) is 0 Å². The van der Waals surface area contributed by atoms with Crippen molar-refractivity contribution >= 4 is 23.3 Å². The van der Waals surface area contributed by atoms with Gasteiger partial charge < -0.3 is 20.1 Å². The molecule has 0 unspecified atom stereocenters. The molecule has 0 fully saturated rings. The van der Waals surface area contributed by atoms with Crippen molar-refractivity contribution in [1.29, 1.82) is 0 Å². The number of rotatable bonds is 8. The van der Waals surface area contributed by atoms with Crippen LogP contribution in [0.3, 0.4) is 0 Å². The number of hydrogen-bond acceptors (Lipinski definition) is 5. The fourth-order valence-electron chi connectivity index (χ4n) is 2.64. The molecule has 0 aliphatic heterocycles. The van der Waals surface area contributed by atoms with Crippen molar-refractivity contribution in [3.63, 3.8) is 0 Å². The molecule has 148 valence electrons. The van der Waals surface area contributed by atoms with Gasteiger partial charge in [-0.05, 0) is 48.0 Å². The molecule has 0 aliphatic rings. The fourth-order valence-corrected chi connectivity index (χ4v) is 2.64. The third-order valence-corrected chi connectivity index (χ3v) is 4.12. The molecular weight excluding hydrogens is 368 g/mol. The SMILES string of the molecule is COC(=O)c1cccc(NC(=O)CNc2ccc(OCc3ccccc3)cc2)c1. The lowest BCUT2D eigenvalue weighted by Gasteiger charge is -2.10. The summed E-state index contributed by atoms with van der Waals surface area (Å²) in [7, 11) is 1.31. The van der Waals surface area contributed by atoms with Crippen LogP contribution in [0.5, 0.6) is 5.75 Å². The van der Waals surface area contributed by atoms with Crippen molar-refractivity contribution in [3.8, 4) is 5.75 Å². The summed E-state index contributed by atoms with van der Waals surface area (Å²) in [6.07, 6.45) is 0. The monoisotopic (exact) mass is 390 g/mol. The summed E-state index contributed by atoms with van der Waals surface area (Å²) in [5.74, 6) is 0.0775.